The number of aryl methyl sites for hydroxylation is 1. The van der Waals surface area contributed by atoms with Gasteiger partial charge in [-0.25, -0.2) is 13.1 Å². The van der Waals surface area contributed by atoms with Crippen molar-refractivity contribution in [1.29, 1.82) is 0 Å². The fourth-order valence-electron chi connectivity index (χ4n) is 2.88. The Morgan fingerprint density at radius 1 is 1.09 bits per heavy atom. The van der Waals surface area contributed by atoms with Crippen LogP contribution in [-0.4, -0.2) is 38.4 Å². The van der Waals surface area contributed by atoms with Crippen LogP contribution in [0.15, 0.2) is 29.2 Å². The number of carbonyl (C=O) groups excluding carboxylic acids is 1. The molecule has 23 heavy (non-hydrogen) atoms. The summed E-state index contributed by atoms with van der Waals surface area (Å²) in [5.74, 6) is 0.205. The highest BCUT2D eigenvalue weighted by atomic mass is 32.2. The van der Waals surface area contributed by atoms with E-state index in [1.165, 1.54) is 6.42 Å². The molecule has 0 unspecified atom stereocenters. The van der Waals surface area contributed by atoms with E-state index in [1.807, 2.05) is 17.0 Å². The van der Waals surface area contributed by atoms with Crippen LogP contribution in [0.3, 0.4) is 0 Å². The van der Waals surface area contributed by atoms with E-state index in [0.717, 1.165) is 44.3 Å². The maximum atomic E-state index is 12.1. The molecule has 0 aromatic heterocycles. The predicted octanol–water partition coefficient (Wildman–Crippen LogP) is 2.07. The summed E-state index contributed by atoms with van der Waals surface area (Å²) in [4.78, 5) is 14.4. The molecular formula is C17H24N2O3S. The summed E-state index contributed by atoms with van der Waals surface area (Å²) in [6, 6.07) is 6.99. The molecule has 3 rings (SSSR count). The third kappa shape index (κ3) is 4.54. The van der Waals surface area contributed by atoms with Gasteiger partial charge in [0, 0.05) is 25.6 Å². The summed E-state index contributed by atoms with van der Waals surface area (Å²) in [6.07, 6.45) is 6.43. The molecule has 0 radical (unpaired) electrons. The summed E-state index contributed by atoms with van der Waals surface area (Å²) in [6.45, 7) is 1.76. The van der Waals surface area contributed by atoms with Gasteiger partial charge in [-0.1, -0.05) is 12.1 Å². The largest absolute Gasteiger partial charge is 0.343 e. The van der Waals surface area contributed by atoms with Crippen LogP contribution in [0.4, 0.5) is 0 Å². The molecule has 1 saturated carbocycles. The first-order chi connectivity index (χ1) is 11.0. The lowest BCUT2D eigenvalue weighted by Crippen LogP contribution is -2.35. The van der Waals surface area contributed by atoms with Gasteiger partial charge >= 0.3 is 0 Å². The summed E-state index contributed by atoms with van der Waals surface area (Å²) < 4.78 is 26.9. The Kier molecular flexibility index (Phi) is 5.02. The zero-order chi connectivity index (χ0) is 16.3. The number of hydrogen-bond acceptors (Lipinski definition) is 3. The van der Waals surface area contributed by atoms with Crippen molar-refractivity contribution in [2.24, 2.45) is 0 Å². The SMILES string of the molecule is O=C(CCc1ccc(S(=O)(=O)NC2CC2)cc1)N1CCCCC1. The lowest BCUT2D eigenvalue weighted by atomic mass is 10.1. The van der Waals surface area contributed by atoms with E-state index < -0.39 is 10.0 Å². The van der Waals surface area contributed by atoms with Gasteiger partial charge in [0.1, 0.15) is 0 Å². The van der Waals surface area contributed by atoms with Crippen LogP contribution in [0, 0.1) is 0 Å². The predicted molar refractivity (Wildman–Crippen MR) is 88.5 cm³/mol. The van der Waals surface area contributed by atoms with Crippen molar-refractivity contribution in [3.05, 3.63) is 29.8 Å². The van der Waals surface area contributed by atoms with Crippen LogP contribution in [0.5, 0.6) is 0 Å². The second-order valence-electron chi connectivity index (χ2n) is 6.48. The quantitative estimate of drug-likeness (QED) is 0.865. The van der Waals surface area contributed by atoms with E-state index in [1.54, 1.807) is 12.1 Å². The van der Waals surface area contributed by atoms with Gasteiger partial charge in [-0.2, -0.15) is 0 Å². The molecule has 6 heteroatoms. The second kappa shape index (κ2) is 7.01. The Balaban J connectivity index is 1.53. The number of piperidine rings is 1. The van der Waals surface area contributed by atoms with E-state index in [9.17, 15) is 13.2 Å². The average molecular weight is 336 g/mol. The van der Waals surface area contributed by atoms with Gasteiger partial charge in [0.2, 0.25) is 15.9 Å². The molecule has 126 valence electrons. The fourth-order valence-corrected chi connectivity index (χ4v) is 4.18. The number of amides is 1. The topological polar surface area (TPSA) is 66.5 Å². The van der Waals surface area contributed by atoms with Crippen molar-refractivity contribution in [2.75, 3.05) is 13.1 Å². The van der Waals surface area contributed by atoms with Gasteiger partial charge in [0.25, 0.3) is 0 Å². The maximum absolute atomic E-state index is 12.1. The molecule has 1 heterocycles. The zero-order valence-electron chi connectivity index (χ0n) is 13.3. The van der Waals surface area contributed by atoms with Gasteiger partial charge in [-0.05, 0) is 56.2 Å². The average Bonchev–Trinajstić information content (AvgIpc) is 3.37. The summed E-state index contributed by atoms with van der Waals surface area (Å²) in [5.41, 5.74) is 1.00. The minimum atomic E-state index is -3.39. The van der Waals surface area contributed by atoms with Crippen LogP contribution in [0.2, 0.25) is 0 Å². The van der Waals surface area contributed by atoms with Crippen LogP contribution >= 0.6 is 0 Å². The number of benzene rings is 1. The van der Waals surface area contributed by atoms with Crippen molar-refractivity contribution in [2.45, 2.75) is 55.9 Å². The lowest BCUT2D eigenvalue weighted by molar-refractivity contribution is -0.132. The van der Waals surface area contributed by atoms with Crippen molar-refractivity contribution >= 4 is 15.9 Å². The van der Waals surface area contributed by atoms with E-state index in [-0.39, 0.29) is 11.9 Å². The van der Waals surface area contributed by atoms with Crippen LogP contribution in [0.25, 0.3) is 0 Å². The number of nitrogens with one attached hydrogen (secondary N) is 1. The molecule has 0 bridgehead atoms. The highest BCUT2D eigenvalue weighted by molar-refractivity contribution is 7.89. The van der Waals surface area contributed by atoms with E-state index >= 15 is 0 Å². The Labute approximate surface area is 138 Å². The summed E-state index contributed by atoms with van der Waals surface area (Å²) >= 11 is 0. The van der Waals surface area contributed by atoms with Gasteiger partial charge in [-0.15, -0.1) is 0 Å². The van der Waals surface area contributed by atoms with E-state index in [2.05, 4.69) is 4.72 Å². The Morgan fingerprint density at radius 3 is 2.35 bits per heavy atom. The minimum absolute atomic E-state index is 0.113. The first kappa shape index (κ1) is 16.5. The molecule has 1 aliphatic carbocycles. The van der Waals surface area contributed by atoms with Crippen molar-refractivity contribution in [3.63, 3.8) is 0 Å². The van der Waals surface area contributed by atoms with Gasteiger partial charge in [-0.3, -0.25) is 4.79 Å². The molecule has 1 amide bonds. The number of carbonyl (C=O) groups is 1. The van der Waals surface area contributed by atoms with Crippen LogP contribution < -0.4 is 4.72 Å². The molecule has 0 atom stereocenters. The highest BCUT2D eigenvalue weighted by Crippen LogP contribution is 2.22. The molecule has 1 aliphatic heterocycles. The Hall–Kier alpha value is -1.40. The summed E-state index contributed by atoms with van der Waals surface area (Å²) in [5, 5.41) is 0. The first-order valence-electron chi connectivity index (χ1n) is 8.44. The van der Waals surface area contributed by atoms with Crippen molar-refractivity contribution in [1.82, 2.24) is 9.62 Å². The molecule has 0 spiro atoms. The molecular weight excluding hydrogens is 312 g/mol. The van der Waals surface area contributed by atoms with Crippen LogP contribution in [-0.2, 0) is 21.2 Å². The Morgan fingerprint density at radius 2 is 1.74 bits per heavy atom. The highest BCUT2D eigenvalue weighted by Gasteiger charge is 2.27. The smallest absolute Gasteiger partial charge is 0.240 e. The normalized spacial score (nSPS) is 18.9. The van der Waals surface area contributed by atoms with Gasteiger partial charge < -0.3 is 4.90 Å². The number of sulfonamides is 1. The van der Waals surface area contributed by atoms with Crippen LogP contribution in [0.1, 0.15) is 44.1 Å². The lowest BCUT2D eigenvalue weighted by Gasteiger charge is -2.26. The molecule has 1 aromatic carbocycles. The summed E-state index contributed by atoms with van der Waals surface area (Å²) in [7, 11) is -3.39. The molecule has 1 aromatic rings. The first-order valence-corrected chi connectivity index (χ1v) is 9.92. The number of rotatable bonds is 6. The minimum Gasteiger partial charge on any atom is -0.343 e. The molecule has 1 saturated heterocycles. The maximum Gasteiger partial charge on any atom is 0.240 e. The molecule has 2 fully saturated rings. The Bertz CT molecular complexity index is 645. The fraction of sp³-hybridized carbons (Fsp3) is 0.588. The monoisotopic (exact) mass is 336 g/mol. The van der Waals surface area contributed by atoms with E-state index in [4.69, 9.17) is 0 Å². The second-order valence-corrected chi connectivity index (χ2v) is 8.19. The number of likely N-dealkylation sites (tertiary alicyclic amines) is 1. The number of hydrogen-bond donors (Lipinski definition) is 1. The van der Waals surface area contributed by atoms with Gasteiger partial charge in [0.15, 0.2) is 0 Å². The number of nitrogens with zero attached hydrogens (tertiary/aromatic N) is 1. The van der Waals surface area contributed by atoms with Crippen molar-refractivity contribution in [3.8, 4) is 0 Å². The molecule has 2 aliphatic rings. The zero-order valence-corrected chi connectivity index (χ0v) is 14.1. The third-order valence-electron chi connectivity index (χ3n) is 4.47. The standard InChI is InChI=1S/C17H24N2O3S/c20-17(19-12-2-1-3-13-19)11-6-14-4-9-16(10-5-14)23(21,22)18-15-7-8-15/h4-5,9-10,15,18H,1-3,6-8,11-13H2. The van der Waals surface area contributed by atoms with E-state index in [0.29, 0.717) is 17.7 Å². The third-order valence-corrected chi connectivity index (χ3v) is 6.01. The van der Waals surface area contributed by atoms with Gasteiger partial charge in [0.05, 0.1) is 4.90 Å². The molecule has 1 N–H and O–H groups in total. The van der Waals surface area contributed by atoms with Crippen molar-refractivity contribution < 1.29 is 13.2 Å². The molecule has 5 nitrogen and oxygen atoms in total.